The van der Waals surface area contributed by atoms with E-state index in [9.17, 15) is 9.90 Å². The molecular weight excluding hydrogens is 240 g/mol. The van der Waals surface area contributed by atoms with Crippen LogP contribution >= 0.6 is 11.6 Å². The number of rotatable bonds is 5. The first-order valence-electron chi connectivity index (χ1n) is 5.47. The molecular formula is C12H17ClN2O2. The van der Waals surface area contributed by atoms with E-state index in [0.29, 0.717) is 17.1 Å². The second kappa shape index (κ2) is 6.47. The largest absolute Gasteiger partial charge is 0.392 e. The monoisotopic (exact) mass is 256 g/mol. The van der Waals surface area contributed by atoms with Crippen molar-refractivity contribution in [1.82, 2.24) is 5.32 Å². The maximum Gasteiger partial charge on any atom is 0.239 e. The zero-order chi connectivity index (χ0) is 12.8. The van der Waals surface area contributed by atoms with Gasteiger partial charge in [-0.3, -0.25) is 4.79 Å². The van der Waals surface area contributed by atoms with E-state index in [2.05, 4.69) is 5.32 Å². The van der Waals surface area contributed by atoms with Gasteiger partial charge in [0.1, 0.15) is 0 Å². The van der Waals surface area contributed by atoms with E-state index >= 15 is 0 Å². The highest BCUT2D eigenvalue weighted by molar-refractivity contribution is 6.31. The molecule has 0 saturated carbocycles. The van der Waals surface area contributed by atoms with Gasteiger partial charge in [0.15, 0.2) is 0 Å². The first-order valence-corrected chi connectivity index (χ1v) is 5.85. The van der Waals surface area contributed by atoms with Gasteiger partial charge in [0.2, 0.25) is 5.91 Å². The van der Waals surface area contributed by atoms with Gasteiger partial charge < -0.3 is 15.3 Å². The molecule has 0 bridgehead atoms. The smallest absolute Gasteiger partial charge is 0.239 e. The lowest BCUT2D eigenvalue weighted by Gasteiger charge is -2.24. The van der Waals surface area contributed by atoms with E-state index in [1.165, 1.54) is 0 Å². The zero-order valence-corrected chi connectivity index (χ0v) is 10.8. The molecule has 0 saturated heterocycles. The Morgan fingerprint density at radius 2 is 2.24 bits per heavy atom. The second-order valence-corrected chi connectivity index (χ2v) is 3.99. The summed E-state index contributed by atoms with van der Waals surface area (Å²) in [6.45, 7) is 2.73. The quantitative estimate of drug-likeness (QED) is 0.838. The lowest BCUT2D eigenvalue weighted by atomic mass is 10.1. The van der Waals surface area contributed by atoms with Crippen molar-refractivity contribution in [2.75, 3.05) is 25.0 Å². The fourth-order valence-electron chi connectivity index (χ4n) is 1.62. The molecule has 0 aliphatic heterocycles. The van der Waals surface area contributed by atoms with Crippen molar-refractivity contribution >= 4 is 23.2 Å². The minimum Gasteiger partial charge on any atom is -0.392 e. The van der Waals surface area contributed by atoms with Gasteiger partial charge in [-0.1, -0.05) is 17.7 Å². The maximum absolute atomic E-state index is 11.4. The summed E-state index contributed by atoms with van der Waals surface area (Å²) in [6, 6.07) is 5.39. The number of carbonyl (C=O) groups is 1. The molecule has 94 valence electrons. The van der Waals surface area contributed by atoms with Crippen molar-refractivity contribution in [3.63, 3.8) is 0 Å². The molecule has 1 aromatic rings. The van der Waals surface area contributed by atoms with Crippen molar-refractivity contribution in [1.29, 1.82) is 0 Å². The van der Waals surface area contributed by atoms with Crippen LogP contribution in [-0.4, -0.2) is 31.2 Å². The standard InChI is InChI=1S/C12H17ClN2O2/c1-3-15(7-12(17)14-2)11-6-4-5-10(13)9(11)8-16/h4-6,16H,3,7-8H2,1-2H3,(H,14,17). The average molecular weight is 257 g/mol. The van der Waals surface area contributed by atoms with Crippen LogP contribution in [0.1, 0.15) is 12.5 Å². The van der Waals surface area contributed by atoms with Gasteiger partial charge >= 0.3 is 0 Å². The van der Waals surface area contributed by atoms with Crippen molar-refractivity contribution in [3.8, 4) is 0 Å². The Kier molecular flexibility index (Phi) is 5.25. The van der Waals surface area contributed by atoms with Crippen LogP contribution in [0.15, 0.2) is 18.2 Å². The molecule has 17 heavy (non-hydrogen) atoms. The van der Waals surface area contributed by atoms with E-state index in [-0.39, 0.29) is 19.1 Å². The summed E-state index contributed by atoms with van der Waals surface area (Å²) in [7, 11) is 1.60. The third kappa shape index (κ3) is 3.35. The predicted molar refractivity (Wildman–Crippen MR) is 69.3 cm³/mol. The molecule has 0 aliphatic rings. The number of hydrogen-bond donors (Lipinski definition) is 2. The Morgan fingerprint density at radius 1 is 1.53 bits per heavy atom. The molecule has 0 unspecified atom stereocenters. The van der Waals surface area contributed by atoms with Gasteiger partial charge in [-0.25, -0.2) is 0 Å². The van der Waals surface area contributed by atoms with Gasteiger partial charge in [-0.05, 0) is 19.1 Å². The summed E-state index contributed by atoms with van der Waals surface area (Å²) in [6.07, 6.45) is 0. The molecule has 1 aromatic carbocycles. The number of aliphatic hydroxyl groups is 1. The Labute approximate surface area is 106 Å². The molecule has 1 rings (SSSR count). The normalized spacial score (nSPS) is 10.1. The van der Waals surface area contributed by atoms with Crippen LogP contribution in [0, 0.1) is 0 Å². The highest BCUT2D eigenvalue weighted by Gasteiger charge is 2.14. The van der Waals surface area contributed by atoms with Gasteiger partial charge in [0, 0.05) is 29.9 Å². The number of anilines is 1. The second-order valence-electron chi connectivity index (χ2n) is 3.58. The first-order chi connectivity index (χ1) is 8.13. The van der Waals surface area contributed by atoms with E-state index in [1.807, 2.05) is 24.0 Å². The van der Waals surface area contributed by atoms with Gasteiger partial charge in [-0.2, -0.15) is 0 Å². The minimum atomic E-state index is -0.140. The van der Waals surface area contributed by atoms with Gasteiger partial charge in [0.25, 0.3) is 0 Å². The summed E-state index contributed by atoms with van der Waals surface area (Å²) in [4.78, 5) is 13.3. The van der Waals surface area contributed by atoms with Crippen LogP contribution in [0.2, 0.25) is 5.02 Å². The molecule has 0 heterocycles. The molecule has 0 aromatic heterocycles. The van der Waals surface area contributed by atoms with Crippen LogP contribution in [0.4, 0.5) is 5.69 Å². The van der Waals surface area contributed by atoms with Gasteiger partial charge in [0.05, 0.1) is 13.2 Å². The molecule has 0 fully saturated rings. The fraction of sp³-hybridized carbons (Fsp3) is 0.417. The minimum absolute atomic E-state index is 0.0734. The summed E-state index contributed by atoms with van der Waals surface area (Å²) >= 11 is 6.01. The third-order valence-electron chi connectivity index (χ3n) is 2.59. The SMILES string of the molecule is CCN(CC(=O)NC)c1cccc(Cl)c1CO. The molecule has 2 N–H and O–H groups in total. The number of nitrogens with zero attached hydrogens (tertiary/aromatic N) is 1. The molecule has 0 atom stereocenters. The number of nitrogens with one attached hydrogen (secondary N) is 1. The lowest BCUT2D eigenvalue weighted by Crippen LogP contribution is -2.36. The van der Waals surface area contributed by atoms with Crippen LogP contribution in [0.25, 0.3) is 0 Å². The highest BCUT2D eigenvalue weighted by atomic mass is 35.5. The number of carbonyl (C=O) groups excluding carboxylic acids is 1. The first kappa shape index (κ1) is 13.8. The third-order valence-corrected chi connectivity index (χ3v) is 2.94. The summed E-state index contributed by atoms with van der Waals surface area (Å²) in [5.41, 5.74) is 1.45. The van der Waals surface area contributed by atoms with Crippen LogP contribution < -0.4 is 10.2 Å². The predicted octanol–water partition coefficient (Wildman–Crippen LogP) is 1.40. The summed E-state index contributed by atoms with van der Waals surface area (Å²) < 4.78 is 0. The highest BCUT2D eigenvalue weighted by Crippen LogP contribution is 2.27. The number of amides is 1. The Bertz CT molecular complexity index is 396. The Balaban J connectivity index is 3.03. The van der Waals surface area contributed by atoms with E-state index in [0.717, 1.165) is 5.69 Å². The molecule has 4 nitrogen and oxygen atoms in total. The summed E-state index contributed by atoms with van der Waals surface area (Å²) in [5, 5.41) is 12.4. The number of benzene rings is 1. The number of halogens is 1. The van der Waals surface area contributed by atoms with Crippen LogP contribution in [0.5, 0.6) is 0 Å². The molecule has 5 heteroatoms. The number of likely N-dealkylation sites (N-methyl/N-ethyl adjacent to an activating group) is 2. The average Bonchev–Trinajstić information content (AvgIpc) is 2.35. The summed E-state index contributed by atoms with van der Waals surface area (Å²) in [5.74, 6) is -0.0734. The van der Waals surface area contributed by atoms with Crippen LogP contribution in [-0.2, 0) is 11.4 Å². The van der Waals surface area contributed by atoms with E-state index in [4.69, 9.17) is 11.6 Å². The lowest BCUT2D eigenvalue weighted by molar-refractivity contribution is -0.119. The van der Waals surface area contributed by atoms with Crippen molar-refractivity contribution in [2.24, 2.45) is 0 Å². The molecule has 0 radical (unpaired) electrons. The molecule has 0 aliphatic carbocycles. The number of aliphatic hydroxyl groups excluding tert-OH is 1. The fourth-order valence-corrected chi connectivity index (χ4v) is 1.85. The maximum atomic E-state index is 11.4. The van der Waals surface area contributed by atoms with Crippen LogP contribution in [0.3, 0.4) is 0 Å². The molecule has 1 amide bonds. The van der Waals surface area contributed by atoms with Gasteiger partial charge in [-0.15, -0.1) is 0 Å². The topological polar surface area (TPSA) is 52.6 Å². The van der Waals surface area contributed by atoms with Crippen molar-refractivity contribution in [3.05, 3.63) is 28.8 Å². The van der Waals surface area contributed by atoms with Crippen molar-refractivity contribution < 1.29 is 9.90 Å². The zero-order valence-electron chi connectivity index (χ0n) is 10.0. The van der Waals surface area contributed by atoms with E-state index < -0.39 is 0 Å². The van der Waals surface area contributed by atoms with Crippen molar-refractivity contribution in [2.45, 2.75) is 13.5 Å². The van der Waals surface area contributed by atoms with E-state index in [1.54, 1.807) is 13.1 Å². The molecule has 0 spiro atoms. The Morgan fingerprint density at radius 3 is 2.76 bits per heavy atom. The number of hydrogen-bond acceptors (Lipinski definition) is 3. The Hall–Kier alpha value is -1.26.